The van der Waals surface area contributed by atoms with Crippen molar-refractivity contribution < 1.29 is 14.7 Å². The quantitative estimate of drug-likeness (QED) is 0.902. The van der Waals surface area contributed by atoms with Crippen molar-refractivity contribution in [2.24, 2.45) is 17.6 Å². The van der Waals surface area contributed by atoms with Crippen LogP contribution in [0.1, 0.15) is 36.0 Å². The van der Waals surface area contributed by atoms with E-state index in [1.54, 1.807) is 18.3 Å². The number of carboxylic acids is 1. The van der Waals surface area contributed by atoms with Gasteiger partial charge in [-0.2, -0.15) is 5.10 Å². The largest absolute Gasteiger partial charge is 0.481 e. The minimum absolute atomic E-state index is 0.191. The predicted octanol–water partition coefficient (Wildman–Crippen LogP) is 2.03. The molecular formula is C16H19N3O3. The second kappa shape index (κ2) is 5.79. The molecule has 3 rings (SSSR count). The van der Waals surface area contributed by atoms with E-state index in [1.165, 1.54) is 0 Å². The van der Waals surface area contributed by atoms with Gasteiger partial charge >= 0.3 is 5.97 Å². The summed E-state index contributed by atoms with van der Waals surface area (Å²) in [4.78, 5) is 22.2. The summed E-state index contributed by atoms with van der Waals surface area (Å²) in [6, 6.07) is 5.33. The molecule has 1 aliphatic rings. The van der Waals surface area contributed by atoms with Crippen LogP contribution in [-0.2, 0) is 11.3 Å². The number of benzene rings is 1. The monoisotopic (exact) mass is 301 g/mol. The van der Waals surface area contributed by atoms with Crippen LogP contribution < -0.4 is 5.73 Å². The van der Waals surface area contributed by atoms with Gasteiger partial charge in [0.05, 0.1) is 17.6 Å². The van der Waals surface area contributed by atoms with E-state index in [4.69, 9.17) is 10.8 Å². The average Bonchev–Trinajstić information content (AvgIpc) is 2.90. The zero-order valence-corrected chi connectivity index (χ0v) is 12.2. The van der Waals surface area contributed by atoms with E-state index in [0.29, 0.717) is 11.5 Å². The molecule has 22 heavy (non-hydrogen) atoms. The minimum Gasteiger partial charge on any atom is -0.481 e. The van der Waals surface area contributed by atoms with Gasteiger partial charge in [0.25, 0.3) is 0 Å². The Morgan fingerprint density at radius 1 is 1.27 bits per heavy atom. The maximum absolute atomic E-state index is 11.2. The third-order valence-electron chi connectivity index (χ3n) is 4.55. The third-order valence-corrected chi connectivity index (χ3v) is 4.55. The summed E-state index contributed by atoms with van der Waals surface area (Å²) in [5.41, 5.74) is 6.74. The maximum atomic E-state index is 11.2. The van der Waals surface area contributed by atoms with Crippen molar-refractivity contribution >= 4 is 22.8 Å². The zero-order valence-electron chi connectivity index (χ0n) is 12.2. The van der Waals surface area contributed by atoms with Crippen molar-refractivity contribution in [1.82, 2.24) is 9.78 Å². The fourth-order valence-corrected chi connectivity index (χ4v) is 3.22. The summed E-state index contributed by atoms with van der Waals surface area (Å²) in [6.07, 6.45) is 5.05. The molecule has 6 heteroatoms. The maximum Gasteiger partial charge on any atom is 0.306 e. The first kappa shape index (κ1) is 14.6. The Hall–Kier alpha value is -2.37. The molecule has 0 unspecified atom stereocenters. The second-order valence-corrected chi connectivity index (χ2v) is 6.02. The second-order valence-electron chi connectivity index (χ2n) is 6.02. The van der Waals surface area contributed by atoms with E-state index in [-0.39, 0.29) is 5.92 Å². The fourth-order valence-electron chi connectivity index (χ4n) is 3.22. The van der Waals surface area contributed by atoms with Crippen LogP contribution in [0.25, 0.3) is 10.9 Å². The van der Waals surface area contributed by atoms with E-state index in [0.717, 1.165) is 43.1 Å². The molecule has 0 saturated heterocycles. The highest BCUT2D eigenvalue weighted by Gasteiger charge is 2.26. The summed E-state index contributed by atoms with van der Waals surface area (Å²) < 4.78 is 1.94. The number of aliphatic carboxylic acids is 1. The molecule has 1 amide bonds. The van der Waals surface area contributed by atoms with Crippen molar-refractivity contribution in [3.63, 3.8) is 0 Å². The van der Waals surface area contributed by atoms with Gasteiger partial charge in [-0.25, -0.2) is 0 Å². The lowest BCUT2D eigenvalue weighted by Crippen LogP contribution is -2.24. The van der Waals surface area contributed by atoms with E-state index >= 15 is 0 Å². The fraction of sp³-hybridized carbons (Fsp3) is 0.438. The molecule has 1 fully saturated rings. The summed E-state index contributed by atoms with van der Waals surface area (Å²) in [7, 11) is 0. The number of hydrogen-bond donors (Lipinski definition) is 2. The molecule has 1 aromatic carbocycles. The van der Waals surface area contributed by atoms with Gasteiger partial charge in [0.2, 0.25) is 5.91 Å². The summed E-state index contributed by atoms with van der Waals surface area (Å²) in [5.74, 6) is -0.859. The summed E-state index contributed by atoms with van der Waals surface area (Å²) >= 11 is 0. The summed E-state index contributed by atoms with van der Waals surface area (Å²) in [5, 5.41) is 14.3. The number of carboxylic acid groups (broad SMARTS) is 1. The topological polar surface area (TPSA) is 98.2 Å². The predicted molar refractivity (Wildman–Crippen MR) is 81.3 cm³/mol. The molecule has 0 atom stereocenters. The Morgan fingerprint density at radius 3 is 2.64 bits per heavy atom. The van der Waals surface area contributed by atoms with E-state index in [1.807, 2.05) is 10.7 Å². The minimum atomic E-state index is -0.679. The first-order chi connectivity index (χ1) is 10.5. The van der Waals surface area contributed by atoms with Gasteiger partial charge in [-0.05, 0) is 49.8 Å². The number of carbonyl (C=O) groups is 2. The van der Waals surface area contributed by atoms with Crippen molar-refractivity contribution in [2.75, 3.05) is 0 Å². The number of carbonyl (C=O) groups excluding carboxylic acids is 1. The zero-order chi connectivity index (χ0) is 15.7. The normalized spacial score (nSPS) is 21.8. The first-order valence-corrected chi connectivity index (χ1v) is 7.53. The van der Waals surface area contributed by atoms with Crippen LogP contribution in [-0.4, -0.2) is 26.8 Å². The smallest absolute Gasteiger partial charge is 0.306 e. The van der Waals surface area contributed by atoms with Gasteiger partial charge in [0, 0.05) is 17.5 Å². The molecule has 0 radical (unpaired) electrons. The first-order valence-electron chi connectivity index (χ1n) is 7.53. The lowest BCUT2D eigenvalue weighted by atomic mass is 9.82. The van der Waals surface area contributed by atoms with Gasteiger partial charge < -0.3 is 10.8 Å². The van der Waals surface area contributed by atoms with Crippen molar-refractivity contribution in [1.29, 1.82) is 0 Å². The molecule has 2 aromatic rings. The van der Waals surface area contributed by atoms with Crippen LogP contribution >= 0.6 is 0 Å². The number of aromatic nitrogens is 2. The number of nitrogens with zero attached hydrogens (tertiary/aromatic N) is 2. The number of nitrogens with two attached hydrogens (primary N) is 1. The van der Waals surface area contributed by atoms with Crippen LogP contribution in [0, 0.1) is 11.8 Å². The van der Waals surface area contributed by atoms with Crippen molar-refractivity contribution in [2.45, 2.75) is 32.2 Å². The lowest BCUT2D eigenvalue weighted by molar-refractivity contribution is -0.143. The van der Waals surface area contributed by atoms with E-state index in [2.05, 4.69) is 5.10 Å². The van der Waals surface area contributed by atoms with Gasteiger partial charge in [-0.3, -0.25) is 14.3 Å². The molecule has 1 aromatic heterocycles. The Morgan fingerprint density at radius 2 is 2.00 bits per heavy atom. The van der Waals surface area contributed by atoms with E-state index in [9.17, 15) is 9.59 Å². The molecule has 1 aliphatic carbocycles. The van der Waals surface area contributed by atoms with Gasteiger partial charge in [-0.1, -0.05) is 0 Å². The average molecular weight is 301 g/mol. The third kappa shape index (κ3) is 2.81. The van der Waals surface area contributed by atoms with Gasteiger partial charge in [-0.15, -0.1) is 0 Å². The number of fused-ring (bicyclic) bond motifs is 1. The van der Waals surface area contributed by atoms with Gasteiger partial charge in [0.1, 0.15) is 0 Å². The van der Waals surface area contributed by atoms with Crippen molar-refractivity contribution in [3.05, 3.63) is 30.0 Å². The summed E-state index contributed by atoms with van der Waals surface area (Å²) in [6.45, 7) is 0.783. The van der Waals surface area contributed by atoms with Crippen LogP contribution in [0.4, 0.5) is 0 Å². The molecule has 1 saturated carbocycles. The number of amides is 1. The van der Waals surface area contributed by atoms with Crippen molar-refractivity contribution in [3.8, 4) is 0 Å². The highest BCUT2D eigenvalue weighted by Crippen LogP contribution is 2.30. The van der Waals surface area contributed by atoms with Crippen LogP contribution in [0.2, 0.25) is 0 Å². The Bertz CT molecular complexity index is 714. The molecule has 0 bridgehead atoms. The van der Waals surface area contributed by atoms with Crippen LogP contribution in [0.15, 0.2) is 24.4 Å². The lowest BCUT2D eigenvalue weighted by Gasteiger charge is -2.26. The number of primary amides is 1. The highest BCUT2D eigenvalue weighted by molar-refractivity contribution is 5.96. The number of rotatable bonds is 4. The Kier molecular flexibility index (Phi) is 3.83. The molecule has 6 nitrogen and oxygen atoms in total. The number of hydrogen-bond acceptors (Lipinski definition) is 3. The van der Waals surface area contributed by atoms with Crippen LogP contribution in [0.3, 0.4) is 0 Å². The highest BCUT2D eigenvalue weighted by atomic mass is 16.4. The molecule has 116 valence electrons. The molecule has 0 aliphatic heterocycles. The standard InChI is InChI=1S/C16H19N3O3/c17-15(20)12-5-6-14-13(7-12)8-18-19(14)9-10-1-3-11(4-2-10)16(21)22/h5-8,10-11H,1-4,9H2,(H2,17,20)(H,21,22). The molecule has 3 N–H and O–H groups in total. The molecule has 0 spiro atoms. The molecular weight excluding hydrogens is 282 g/mol. The van der Waals surface area contributed by atoms with E-state index < -0.39 is 11.9 Å². The SMILES string of the molecule is NC(=O)c1ccc2c(cnn2CC2CCC(C(=O)O)CC2)c1. The van der Waals surface area contributed by atoms with Gasteiger partial charge in [0.15, 0.2) is 0 Å². The molecule has 1 heterocycles. The Labute approximate surface area is 127 Å². The van der Waals surface area contributed by atoms with Crippen LogP contribution in [0.5, 0.6) is 0 Å². The Balaban J connectivity index is 1.72.